The monoisotopic (exact) mass is 452 g/mol. The van der Waals surface area contributed by atoms with Gasteiger partial charge in [-0.15, -0.1) is 11.8 Å². The van der Waals surface area contributed by atoms with Gasteiger partial charge in [0, 0.05) is 24.5 Å². The number of carboxylic acids is 1. The van der Waals surface area contributed by atoms with Gasteiger partial charge in [-0.25, -0.2) is 9.18 Å². The molecule has 6 nitrogen and oxygen atoms in total. The Morgan fingerprint density at radius 1 is 1.19 bits per heavy atom. The highest BCUT2D eigenvalue weighted by Gasteiger charge is 2.35. The lowest BCUT2D eigenvalue weighted by Crippen LogP contribution is -2.29. The quantitative estimate of drug-likeness (QED) is 0.563. The maximum atomic E-state index is 13.4. The fourth-order valence-corrected chi connectivity index (χ4v) is 4.96. The molecule has 4 rings (SSSR count). The Labute approximate surface area is 189 Å². The van der Waals surface area contributed by atoms with Gasteiger partial charge in [0.1, 0.15) is 16.9 Å². The number of carboxylic acid groups (broad SMARTS) is 1. The molecule has 0 saturated carbocycles. The molecule has 1 amide bonds. The van der Waals surface area contributed by atoms with Crippen molar-refractivity contribution >= 4 is 29.3 Å². The fraction of sp³-hybridized carbons (Fsp3) is 0.208. The van der Waals surface area contributed by atoms with E-state index in [9.17, 15) is 19.1 Å². The van der Waals surface area contributed by atoms with E-state index in [1.54, 1.807) is 47.6 Å². The van der Waals surface area contributed by atoms with E-state index in [0.717, 1.165) is 5.56 Å². The first-order valence-corrected chi connectivity index (χ1v) is 11.1. The van der Waals surface area contributed by atoms with Crippen molar-refractivity contribution in [2.45, 2.75) is 18.7 Å². The molecule has 1 N–H and O–H groups in total. The van der Waals surface area contributed by atoms with Gasteiger partial charge in [-0.1, -0.05) is 12.1 Å². The zero-order chi connectivity index (χ0) is 22.7. The molecule has 0 radical (unpaired) electrons. The largest absolute Gasteiger partial charge is 0.493 e. The van der Waals surface area contributed by atoms with Crippen LogP contribution in [0.5, 0.6) is 5.75 Å². The highest BCUT2D eigenvalue weighted by atomic mass is 32.2. The minimum Gasteiger partial charge on any atom is -0.493 e. The Kier molecular flexibility index (Phi) is 6.41. The summed E-state index contributed by atoms with van der Waals surface area (Å²) in [5.41, 5.74) is 2.98. The summed E-state index contributed by atoms with van der Waals surface area (Å²) in [5, 5.41) is 9.39. The Hall–Kier alpha value is -3.39. The molecule has 1 fully saturated rings. The lowest BCUT2D eigenvalue weighted by Gasteiger charge is -2.27. The van der Waals surface area contributed by atoms with Crippen molar-refractivity contribution in [3.05, 3.63) is 89.0 Å². The van der Waals surface area contributed by atoms with Crippen LogP contribution in [0.3, 0.4) is 0 Å². The molecule has 1 aliphatic rings. The van der Waals surface area contributed by atoms with Gasteiger partial charge in [0.25, 0.3) is 0 Å². The van der Waals surface area contributed by atoms with E-state index in [1.807, 2.05) is 6.92 Å². The number of anilines is 1. The molecule has 2 heterocycles. The molecule has 1 unspecified atom stereocenters. The SMILES string of the molecule is Cc1c(N2C(=O)CSC2c2ccc(F)cc2)ccc(C(=O)O)c1CCOc1ccncc1. The van der Waals surface area contributed by atoms with Gasteiger partial charge in [0.15, 0.2) is 0 Å². The summed E-state index contributed by atoms with van der Waals surface area (Å²) in [6.07, 6.45) is 3.60. The summed E-state index contributed by atoms with van der Waals surface area (Å²) >= 11 is 1.46. The van der Waals surface area contributed by atoms with Gasteiger partial charge in [0.2, 0.25) is 5.91 Å². The molecule has 0 aliphatic carbocycles. The van der Waals surface area contributed by atoms with E-state index >= 15 is 0 Å². The number of rotatable bonds is 7. The number of aromatic carboxylic acids is 1. The molecule has 1 atom stereocenters. The molecule has 164 valence electrons. The van der Waals surface area contributed by atoms with Crippen LogP contribution in [0.1, 0.15) is 32.4 Å². The maximum Gasteiger partial charge on any atom is 0.335 e. The van der Waals surface area contributed by atoms with Gasteiger partial charge in [0.05, 0.1) is 17.9 Å². The number of carbonyl (C=O) groups excluding carboxylic acids is 1. The fourth-order valence-electron chi connectivity index (χ4n) is 3.79. The molecular formula is C24H21FN2O4S. The first-order chi connectivity index (χ1) is 15.5. The van der Waals surface area contributed by atoms with E-state index in [2.05, 4.69) is 4.98 Å². The van der Waals surface area contributed by atoms with Crippen LogP contribution in [0.4, 0.5) is 10.1 Å². The number of thioether (sulfide) groups is 1. The Morgan fingerprint density at radius 3 is 2.59 bits per heavy atom. The lowest BCUT2D eigenvalue weighted by atomic mass is 9.96. The molecular weight excluding hydrogens is 431 g/mol. The van der Waals surface area contributed by atoms with E-state index < -0.39 is 5.97 Å². The van der Waals surface area contributed by atoms with Crippen LogP contribution in [0.2, 0.25) is 0 Å². The second kappa shape index (κ2) is 9.40. The summed E-state index contributed by atoms with van der Waals surface area (Å²) in [7, 11) is 0. The van der Waals surface area contributed by atoms with Crippen molar-refractivity contribution < 1.29 is 23.8 Å². The topological polar surface area (TPSA) is 79.7 Å². The molecule has 1 aliphatic heterocycles. The van der Waals surface area contributed by atoms with Crippen LogP contribution in [0, 0.1) is 12.7 Å². The second-order valence-electron chi connectivity index (χ2n) is 7.30. The minimum atomic E-state index is -1.03. The molecule has 2 aromatic carbocycles. The van der Waals surface area contributed by atoms with Crippen LogP contribution in [0.15, 0.2) is 60.9 Å². The number of ether oxygens (including phenoxy) is 1. The second-order valence-corrected chi connectivity index (χ2v) is 8.37. The van der Waals surface area contributed by atoms with Crippen molar-refractivity contribution in [3.8, 4) is 5.75 Å². The minimum absolute atomic E-state index is 0.0746. The van der Waals surface area contributed by atoms with Crippen LogP contribution < -0.4 is 9.64 Å². The number of amides is 1. The molecule has 1 saturated heterocycles. The number of halogens is 1. The summed E-state index contributed by atoms with van der Waals surface area (Å²) in [6, 6.07) is 12.8. The number of benzene rings is 2. The molecule has 0 bridgehead atoms. The summed E-state index contributed by atoms with van der Waals surface area (Å²) in [5.74, 6) is -0.505. The van der Waals surface area contributed by atoms with Gasteiger partial charge >= 0.3 is 5.97 Å². The zero-order valence-electron chi connectivity index (χ0n) is 17.3. The Balaban J connectivity index is 1.66. The maximum absolute atomic E-state index is 13.4. The Bertz CT molecular complexity index is 1140. The third-order valence-corrected chi connectivity index (χ3v) is 6.57. The summed E-state index contributed by atoms with van der Waals surface area (Å²) < 4.78 is 19.1. The average Bonchev–Trinajstić information content (AvgIpc) is 3.17. The number of hydrogen-bond donors (Lipinski definition) is 1. The Morgan fingerprint density at radius 2 is 1.91 bits per heavy atom. The van der Waals surface area contributed by atoms with Crippen LogP contribution in [0.25, 0.3) is 0 Å². The van der Waals surface area contributed by atoms with Gasteiger partial charge in [-0.3, -0.25) is 14.7 Å². The standard InChI is InChI=1S/C24H21FN2O4S/c1-15-19(10-13-31-18-8-11-26-12-9-18)20(24(29)30)6-7-21(15)27-22(28)14-32-23(27)16-2-4-17(25)5-3-16/h2-9,11-12,23H,10,13-14H2,1H3,(H,29,30). The van der Waals surface area contributed by atoms with Crippen LogP contribution in [-0.4, -0.2) is 34.3 Å². The molecule has 1 aromatic heterocycles. The van der Waals surface area contributed by atoms with Crippen molar-refractivity contribution in [2.24, 2.45) is 0 Å². The van der Waals surface area contributed by atoms with Gasteiger partial charge in [-0.2, -0.15) is 0 Å². The van der Waals surface area contributed by atoms with Crippen molar-refractivity contribution in [3.63, 3.8) is 0 Å². The van der Waals surface area contributed by atoms with Crippen LogP contribution in [-0.2, 0) is 11.2 Å². The lowest BCUT2D eigenvalue weighted by molar-refractivity contribution is -0.115. The predicted molar refractivity (Wildman–Crippen MR) is 121 cm³/mol. The highest BCUT2D eigenvalue weighted by Crippen LogP contribution is 2.43. The first kappa shape index (κ1) is 21.8. The zero-order valence-corrected chi connectivity index (χ0v) is 18.1. The highest BCUT2D eigenvalue weighted by molar-refractivity contribution is 8.00. The molecule has 8 heteroatoms. The average molecular weight is 453 g/mol. The van der Waals surface area contributed by atoms with Crippen molar-refractivity contribution in [1.82, 2.24) is 4.98 Å². The number of pyridine rings is 1. The molecule has 32 heavy (non-hydrogen) atoms. The number of carbonyl (C=O) groups is 2. The third kappa shape index (κ3) is 4.45. The van der Waals surface area contributed by atoms with E-state index in [0.29, 0.717) is 34.7 Å². The van der Waals surface area contributed by atoms with Gasteiger partial charge in [-0.05, 0) is 60.0 Å². The first-order valence-electron chi connectivity index (χ1n) is 10.0. The molecule has 3 aromatic rings. The smallest absolute Gasteiger partial charge is 0.335 e. The van der Waals surface area contributed by atoms with Crippen LogP contribution >= 0.6 is 11.8 Å². The van der Waals surface area contributed by atoms with E-state index in [4.69, 9.17) is 4.74 Å². The van der Waals surface area contributed by atoms with Crippen molar-refractivity contribution in [2.75, 3.05) is 17.3 Å². The number of aromatic nitrogens is 1. The number of nitrogens with zero attached hydrogens (tertiary/aromatic N) is 2. The summed E-state index contributed by atoms with van der Waals surface area (Å²) in [6.45, 7) is 2.10. The summed E-state index contributed by atoms with van der Waals surface area (Å²) in [4.78, 5) is 30.3. The number of hydrogen-bond acceptors (Lipinski definition) is 5. The molecule has 0 spiro atoms. The van der Waals surface area contributed by atoms with E-state index in [1.165, 1.54) is 30.0 Å². The normalized spacial score (nSPS) is 15.8. The van der Waals surface area contributed by atoms with Crippen molar-refractivity contribution in [1.29, 1.82) is 0 Å². The third-order valence-electron chi connectivity index (χ3n) is 5.35. The van der Waals surface area contributed by atoms with E-state index in [-0.39, 0.29) is 29.3 Å². The predicted octanol–water partition coefficient (Wildman–Crippen LogP) is 4.63. The van der Waals surface area contributed by atoms with Gasteiger partial charge < -0.3 is 9.84 Å².